The molecule has 1 aliphatic heterocycles. The number of methoxy groups -OCH3 is 1. The van der Waals surface area contributed by atoms with Crippen LogP contribution >= 0.6 is 0 Å². The molecule has 1 aromatic carbocycles. The molecule has 3 aromatic rings. The van der Waals surface area contributed by atoms with Gasteiger partial charge in [0.2, 0.25) is 0 Å². The van der Waals surface area contributed by atoms with Crippen molar-refractivity contribution in [3.05, 3.63) is 57.3 Å². The lowest BCUT2D eigenvalue weighted by Crippen LogP contribution is -2.37. The van der Waals surface area contributed by atoms with Crippen LogP contribution in [0.4, 0.5) is 11.6 Å². The molecular formula is C25H28N6O6. The molecule has 194 valence electrons. The van der Waals surface area contributed by atoms with Crippen molar-refractivity contribution in [3.8, 4) is 11.4 Å². The minimum absolute atomic E-state index is 0.0721. The summed E-state index contributed by atoms with van der Waals surface area (Å²) in [5.41, 5.74) is 6.87. The van der Waals surface area contributed by atoms with Crippen LogP contribution in [0.1, 0.15) is 54.1 Å². The molecule has 0 radical (unpaired) electrons. The van der Waals surface area contributed by atoms with Crippen molar-refractivity contribution in [1.82, 2.24) is 20.1 Å². The standard InChI is InChI=1S/C25H28N6O6/c1-7-36-24(33)18-12(2)19-21(28-29-23(32)16-8-10-17(35-6)11-9-16)27-25(34)31(22(19)26-13(18)3)20-14(4)30-37-15(20)5/h8-12,18H,7H2,1-6H3,(H,29,32)(H,27,28,34). The fourth-order valence-corrected chi connectivity index (χ4v) is 4.45. The number of carbonyl (C=O) groups is 2. The third-order valence-electron chi connectivity index (χ3n) is 6.20. The topological polar surface area (TPSA) is 150 Å². The van der Waals surface area contributed by atoms with E-state index in [1.165, 1.54) is 11.7 Å². The Kier molecular flexibility index (Phi) is 7.09. The van der Waals surface area contributed by atoms with Crippen LogP contribution in [-0.2, 0) is 9.53 Å². The predicted octanol–water partition coefficient (Wildman–Crippen LogP) is 2.99. The van der Waals surface area contributed by atoms with E-state index >= 15 is 0 Å². The highest BCUT2D eigenvalue weighted by molar-refractivity contribution is 6.04. The summed E-state index contributed by atoms with van der Waals surface area (Å²) in [6.07, 6.45) is 0. The summed E-state index contributed by atoms with van der Waals surface area (Å²) in [6, 6.07) is 6.51. The number of fused-ring (bicyclic) bond motifs is 1. The van der Waals surface area contributed by atoms with Gasteiger partial charge >= 0.3 is 11.7 Å². The summed E-state index contributed by atoms with van der Waals surface area (Å²) >= 11 is 0. The van der Waals surface area contributed by atoms with Crippen LogP contribution in [0.5, 0.6) is 5.75 Å². The Hall–Kier alpha value is -4.48. The number of aromatic nitrogens is 3. The summed E-state index contributed by atoms with van der Waals surface area (Å²) in [5, 5.41) is 3.95. The monoisotopic (exact) mass is 508 g/mol. The Labute approximate surface area is 212 Å². The normalized spacial score (nSPS) is 16.4. The number of ether oxygens (including phenoxy) is 2. The molecule has 3 heterocycles. The Balaban J connectivity index is 1.81. The number of aryl methyl sites for hydroxylation is 2. The largest absolute Gasteiger partial charge is 0.497 e. The van der Waals surface area contributed by atoms with Crippen LogP contribution in [0, 0.1) is 19.8 Å². The lowest BCUT2D eigenvalue weighted by Gasteiger charge is -2.30. The van der Waals surface area contributed by atoms with Gasteiger partial charge in [0.25, 0.3) is 5.91 Å². The van der Waals surface area contributed by atoms with Crippen molar-refractivity contribution in [2.45, 2.75) is 40.5 Å². The number of nitrogens with zero attached hydrogens (tertiary/aromatic N) is 4. The number of carbonyl (C=O) groups excluding carboxylic acids is 2. The van der Waals surface area contributed by atoms with Crippen LogP contribution in [0.25, 0.3) is 5.69 Å². The van der Waals surface area contributed by atoms with Gasteiger partial charge < -0.3 is 14.0 Å². The molecule has 2 N–H and O–H groups in total. The predicted molar refractivity (Wildman–Crippen MR) is 135 cm³/mol. The second kappa shape index (κ2) is 10.2. The van der Waals surface area contributed by atoms with E-state index in [1.54, 1.807) is 52.0 Å². The van der Waals surface area contributed by atoms with Crippen molar-refractivity contribution < 1.29 is 23.6 Å². The number of amides is 1. The van der Waals surface area contributed by atoms with Crippen molar-refractivity contribution in [2.24, 2.45) is 10.9 Å². The number of nitrogens with one attached hydrogen (secondary N) is 2. The minimum Gasteiger partial charge on any atom is -0.497 e. The summed E-state index contributed by atoms with van der Waals surface area (Å²) in [6.45, 7) is 8.85. The van der Waals surface area contributed by atoms with Gasteiger partial charge in [0.15, 0.2) is 11.6 Å². The van der Waals surface area contributed by atoms with Gasteiger partial charge in [-0.3, -0.25) is 20.4 Å². The summed E-state index contributed by atoms with van der Waals surface area (Å²) in [4.78, 5) is 47.7. The van der Waals surface area contributed by atoms with E-state index in [0.717, 1.165) is 0 Å². The lowest BCUT2D eigenvalue weighted by atomic mass is 9.82. The Bertz CT molecular complexity index is 1420. The summed E-state index contributed by atoms with van der Waals surface area (Å²) in [5.74, 6) is -0.748. The number of benzene rings is 1. The Morgan fingerprint density at radius 1 is 1.16 bits per heavy atom. The van der Waals surface area contributed by atoms with Crippen LogP contribution in [0.15, 0.2) is 38.6 Å². The summed E-state index contributed by atoms with van der Waals surface area (Å²) in [7, 11) is 1.53. The third kappa shape index (κ3) is 4.69. The zero-order valence-corrected chi connectivity index (χ0v) is 21.4. The van der Waals surface area contributed by atoms with Gasteiger partial charge in [-0.25, -0.2) is 14.4 Å². The van der Waals surface area contributed by atoms with E-state index < -0.39 is 29.4 Å². The van der Waals surface area contributed by atoms with Gasteiger partial charge in [0.1, 0.15) is 28.9 Å². The SMILES string of the molecule is CCOC(=O)C1C(C)=Nc2c(c(NNC(=O)c3ccc(OC)cc3)nc(=O)n2-c2c(C)noc2C)C1C. The molecule has 4 rings (SSSR count). The number of hydrogen-bond donors (Lipinski definition) is 2. The van der Waals surface area contributed by atoms with Gasteiger partial charge in [0.05, 0.1) is 13.7 Å². The van der Waals surface area contributed by atoms with Crippen molar-refractivity contribution in [2.75, 3.05) is 19.1 Å². The first-order valence-corrected chi connectivity index (χ1v) is 11.7. The molecule has 0 saturated heterocycles. The van der Waals surface area contributed by atoms with E-state index in [9.17, 15) is 14.4 Å². The fourth-order valence-electron chi connectivity index (χ4n) is 4.45. The molecule has 1 aliphatic rings. The van der Waals surface area contributed by atoms with Crippen molar-refractivity contribution in [1.29, 1.82) is 0 Å². The minimum atomic E-state index is -0.706. The van der Waals surface area contributed by atoms with Crippen LogP contribution in [0.2, 0.25) is 0 Å². The number of rotatable bonds is 7. The average Bonchev–Trinajstić information content (AvgIpc) is 3.19. The zero-order valence-electron chi connectivity index (χ0n) is 21.4. The van der Waals surface area contributed by atoms with Crippen LogP contribution < -0.4 is 21.3 Å². The van der Waals surface area contributed by atoms with Crippen LogP contribution in [-0.4, -0.2) is 46.0 Å². The second-order valence-electron chi connectivity index (χ2n) is 8.57. The number of anilines is 1. The lowest BCUT2D eigenvalue weighted by molar-refractivity contribution is -0.146. The van der Waals surface area contributed by atoms with Crippen molar-refractivity contribution in [3.63, 3.8) is 0 Å². The smallest absolute Gasteiger partial charge is 0.356 e. The number of esters is 1. The Morgan fingerprint density at radius 3 is 2.46 bits per heavy atom. The maximum Gasteiger partial charge on any atom is 0.356 e. The maximum atomic E-state index is 13.3. The molecule has 12 nitrogen and oxygen atoms in total. The molecule has 2 atom stereocenters. The van der Waals surface area contributed by atoms with Gasteiger partial charge in [-0.05, 0) is 52.0 Å². The molecule has 2 aromatic heterocycles. The molecule has 0 fully saturated rings. The highest BCUT2D eigenvalue weighted by atomic mass is 16.5. The molecule has 0 spiro atoms. The average molecular weight is 509 g/mol. The summed E-state index contributed by atoms with van der Waals surface area (Å²) < 4.78 is 17.0. The van der Waals surface area contributed by atoms with E-state index in [1.807, 2.05) is 6.92 Å². The van der Waals surface area contributed by atoms with E-state index in [0.29, 0.717) is 39.7 Å². The van der Waals surface area contributed by atoms with Gasteiger partial charge in [-0.1, -0.05) is 12.1 Å². The molecule has 12 heteroatoms. The maximum absolute atomic E-state index is 13.3. The molecule has 0 saturated carbocycles. The quantitative estimate of drug-likeness (QED) is 0.363. The number of aliphatic imine (C=N–C) groups is 1. The zero-order chi connectivity index (χ0) is 26.9. The van der Waals surface area contributed by atoms with E-state index in [4.69, 9.17) is 14.0 Å². The van der Waals surface area contributed by atoms with Gasteiger partial charge in [0, 0.05) is 22.8 Å². The first-order valence-electron chi connectivity index (χ1n) is 11.7. The van der Waals surface area contributed by atoms with Crippen LogP contribution in [0.3, 0.4) is 0 Å². The molecule has 37 heavy (non-hydrogen) atoms. The van der Waals surface area contributed by atoms with E-state index in [-0.39, 0.29) is 18.2 Å². The van der Waals surface area contributed by atoms with Gasteiger partial charge in [-0.15, -0.1) is 0 Å². The molecule has 0 bridgehead atoms. The second-order valence-corrected chi connectivity index (χ2v) is 8.57. The number of hydrogen-bond acceptors (Lipinski definition) is 10. The van der Waals surface area contributed by atoms with Crippen molar-refractivity contribution >= 4 is 29.2 Å². The first kappa shape index (κ1) is 25.6. The molecule has 1 amide bonds. The third-order valence-corrected chi connectivity index (χ3v) is 6.20. The fraction of sp³-hybridized carbons (Fsp3) is 0.360. The van der Waals surface area contributed by atoms with E-state index in [2.05, 4.69) is 26.0 Å². The first-order chi connectivity index (χ1) is 17.7. The highest BCUT2D eigenvalue weighted by Crippen LogP contribution is 2.42. The number of hydrazine groups is 1. The molecular weight excluding hydrogens is 480 g/mol. The van der Waals surface area contributed by atoms with Gasteiger partial charge in [-0.2, -0.15) is 4.98 Å². The molecule has 2 unspecified atom stereocenters. The highest BCUT2D eigenvalue weighted by Gasteiger charge is 2.39. The Morgan fingerprint density at radius 2 is 1.86 bits per heavy atom. The molecule has 0 aliphatic carbocycles.